The van der Waals surface area contributed by atoms with Gasteiger partial charge in [-0.2, -0.15) is 5.10 Å². The summed E-state index contributed by atoms with van der Waals surface area (Å²) in [5.41, 5.74) is 2.46. The van der Waals surface area contributed by atoms with E-state index >= 15 is 0 Å². The van der Waals surface area contributed by atoms with Crippen LogP contribution in [0.3, 0.4) is 0 Å². The lowest BCUT2D eigenvalue weighted by molar-refractivity contribution is 0.392. The second kappa shape index (κ2) is 5.16. The van der Waals surface area contributed by atoms with Crippen LogP contribution in [-0.4, -0.2) is 22.0 Å². The molecule has 0 unspecified atom stereocenters. The van der Waals surface area contributed by atoms with E-state index in [1.54, 1.807) is 13.2 Å². The van der Waals surface area contributed by atoms with E-state index in [4.69, 9.17) is 4.52 Å². The first-order valence-corrected chi connectivity index (χ1v) is 6.55. The van der Waals surface area contributed by atoms with E-state index < -0.39 is 0 Å². The van der Waals surface area contributed by atoms with Gasteiger partial charge in [-0.05, 0) is 29.8 Å². The smallest absolute Gasteiger partial charge is 0.282 e. The van der Waals surface area contributed by atoms with Crippen molar-refractivity contribution in [1.82, 2.24) is 14.9 Å². The van der Waals surface area contributed by atoms with Gasteiger partial charge in [0.15, 0.2) is 0 Å². The SMILES string of the molecule is Cc1noc(C)c1CN(C)c1cnn(C)c(=O)c1Br. The first-order valence-electron chi connectivity index (χ1n) is 5.76. The van der Waals surface area contributed by atoms with Gasteiger partial charge in [0, 0.05) is 26.2 Å². The number of hydrogen-bond donors (Lipinski definition) is 0. The lowest BCUT2D eigenvalue weighted by Crippen LogP contribution is -2.25. The van der Waals surface area contributed by atoms with Crippen molar-refractivity contribution in [2.24, 2.45) is 7.05 Å². The predicted molar refractivity (Wildman–Crippen MR) is 75.3 cm³/mol. The number of hydrogen-bond acceptors (Lipinski definition) is 5. The molecule has 0 bridgehead atoms. The van der Waals surface area contributed by atoms with Gasteiger partial charge in [-0.1, -0.05) is 5.16 Å². The Balaban J connectivity index is 2.33. The molecule has 0 saturated heterocycles. The topological polar surface area (TPSA) is 64.2 Å². The molecule has 19 heavy (non-hydrogen) atoms. The maximum atomic E-state index is 11.8. The van der Waals surface area contributed by atoms with E-state index in [2.05, 4.69) is 26.2 Å². The normalized spacial score (nSPS) is 10.8. The Morgan fingerprint density at radius 3 is 2.74 bits per heavy atom. The fraction of sp³-hybridized carbons (Fsp3) is 0.417. The van der Waals surface area contributed by atoms with E-state index in [9.17, 15) is 4.79 Å². The number of halogens is 1. The zero-order chi connectivity index (χ0) is 14.2. The van der Waals surface area contributed by atoms with Gasteiger partial charge in [-0.15, -0.1) is 0 Å². The van der Waals surface area contributed by atoms with E-state index in [-0.39, 0.29) is 5.56 Å². The fourth-order valence-electron chi connectivity index (χ4n) is 1.82. The highest BCUT2D eigenvalue weighted by Crippen LogP contribution is 2.23. The van der Waals surface area contributed by atoms with Gasteiger partial charge in [-0.3, -0.25) is 4.79 Å². The Bertz CT molecular complexity index is 643. The molecular formula is C12H15BrN4O2. The highest BCUT2D eigenvalue weighted by Gasteiger charge is 2.15. The van der Waals surface area contributed by atoms with Gasteiger partial charge >= 0.3 is 0 Å². The molecule has 0 aromatic carbocycles. The molecule has 0 spiro atoms. The van der Waals surface area contributed by atoms with E-state index in [0.29, 0.717) is 11.0 Å². The fourth-order valence-corrected chi connectivity index (χ4v) is 2.48. The molecule has 2 rings (SSSR count). The molecule has 0 aliphatic heterocycles. The molecule has 0 aliphatic rings. The molecule has 7 heteroatoms. The summed E-state index contributed by atoms with van der Waals surface area (Å²) >= 11 is 3.32. The maximum absolute atomic E-state index is 11.8. The summed E-state index contributed by atoms with van der Waals surface area (Å²) in [5, 5.41) is 7.95. The van der Waals surface area contributed by atoms with Crippen LogP contribution in [0.15, 0.2) is 20.0 Å². The Morgan fingerprint density at radius 1 is 1.47 bits per heavy atom. The zero-order valence-electron chi connectivity index (χ0n) is 11.3. The van der Waals surface area contributed by atoms with Crippen LogP contribution in [-0.2, 0) is 13.6 Å². The third-order valence-corrected chi connectivity index (χ3v) is 3.79. The molecule has 0 aliphatic carbocycles. The molecule has 2 aromatic heterocycles. The molecule has 0 amide bonds. The van der Waals surface area contributed by atoms with Crippen molar-refractivity contribution in [3.05, 3.63) is 38.0 Å². The number of nitrogens with zero attached hydrogens (tertiary/aromatic N) is 4. The number of aryl methyl sites for hydroxylation is 3. The zero-order valence-corrected chi connectivity index (χ0v) is 12.9. The van der Waals surface area contributed by atoms with Crippen molar-refractivity contribution < 1.29 is 4.52 Å². The summed E-state index contributed by atoms with van der Waals surface area (Å²) in [7, 11) is 3.51. The van der Waals surface area contributed by atoms with Crippen molar-refractivity contribution in [2.45, 2.75) is 20.4 Å². The van der Waals surface area contributed by atoms with Crippen molar-refractivity contribution in [1.29, 1.82) is 0 Å². The molecule has 0 atom stereocenters. The highest BCUT2D eigenvalue weighted by molar-refractivity contribution is 9.10. The molecular weight excluding hydrogens is 312 g/mol. The van der Waals surface area contributed by atoms with Crippen LogP contribution >= 0.6 is 15.9 Å². The highest BCUT2D eigenvalue weighted by atomic mass is 79.9. The molecule has 2 aromatic rings. The quantitative estimate of drug-likeness (QED) is 0.860. The van der Waals surface area contributed by atoms with Crippen LogP contribution < -0.4 is 10.5 Å². The summed E-state index contributed by atoms with van der Waals surface area (Å²) in [4.78, 5) is 13.8. The predicted octanol–water partition coefficient (Wildman–Crippen LogP) is 1.78. The number of aromatic nitrogens is 3. The molecule has 102 valence electrons. The van der Waals surface area contributed by atoms with Crippen LogP contribution in [0.2, 0.25) is 0 Å². The van der Waals surface area contributed by atoms with Crippen LogP contribution in [0.5, 0.6) is 0 Å². The minimum Gasteiger partial charge on any atom is -0.368 e. The van der Waals surface area contributed by atoms with Gasteiger partial charge < -0.3 is 9.42 Å². The maximum Gasteiger partial charge on any atom is 0.282 e. The van der Waals surface area contributed by atoms with Crippen molar-refractivity contribution in [2.75, 3.05) is 11.9 Å². The lowest BCUT2D eigenvalue weighted by Gasteiger charge is -2.20. The number of rotatable bonds is 3. The largest absolute Gasteiger partial charge is 0.368 e. The number of anilines is 1. The summed E-state index contributed by atoms with van der Waals surface area (Å²) in [5.74, 6) is 0.789. The van der Waals surface area contributed by atoms with E-state index in [1.807, 2.05) is 25.8 Å². The molecule has 6 nitrogen and oxygen atoms in total. The van der Waals surface area contributed by atoms with Gasteiger partial charge in [-0.25, -0.2) is 4.68 Å². The third-order valence-electron chi connectivity index (χ3n) is 3.05. The minimum absolute atomic E-state index is 0.164. The minimum atomic E-state index is -0.164. The second-order valence-corrected chi connectivity index (χ2v) is 5.22. The molecule has 2 heterocycles. The molecule has 0 saturated carbocycles. The first-order chi connectivity index (χ1) is 8.91. The Kier molecular flexibility index (Phi) is 3.75. The van der Waals surface area contributed by atoms with Gasteiger partial charge in [0.05, 0.1) is 17.6 Å². The molecule has 0 N–H and O–H groups in total. The van der Waals surface area contributed by atoms with Crippen molar-refractivity contribution in [3.8, 4) is 0 Å². The summed E-state index contributed by atoms with van der Waals surface area (Å²) < 4.78 is 6.92. The summed E-state index contributed by atoms with van der Waals surface area (Å²) in [6.45, 7) is 4.38. The summed E-state index contributed by atoms with van der Waals surface area (Å²) in [6, 6.07) is 0. The molecule has 0 fully saturated rings. The monoisotopic (exact) mass is 326 g/mol. The van der Waals surface area contributed by atoms with E-state index in [0.717, 1.165) is 22.7 Å². The summed E-state index contributed by atoms with van der Waals surface area (Å²) in [6.07, 6.45) is 1.66. The van der Waals surface area contributed by atoms with Crippen LogP contribution in [0.1, 0.15) is 17.0 Å². The van der Waals surface area contributed by atoms with Gasteiger partial charge in [0.1, 0.15) is 10.2 Å². The lowest BCUT2D eigenvalue weighted by atomic mass is 10.2. The average molecular weight is 327 g/mol. The van der Waals surface area contributed by atoms with Gasteiger partial charge in [0.25, 0.3) is 5.56 Å². The van der Waals surface area contributed by atoms with Crippen LogP contribution in [0, 0.1) is 13.8 Å². The second-order valence-electron chi connectivity index (χ2n) is 4.43. The van der Waals surface area contributed by atoms with Crippen molar-refractivity contribution in [3.63, 3.8) is 0 Å². The first kappa shape index (κ1) is 13.8. The standard InChI is InChI=1S/C12H15BrN4O2/c1-7-9(8(2)19-15-7)6-16(3)10-5-14-17(4)12(18)11(10)13/h5H,6H2,1-4H3. The van der Waals surface area contributed by atoms with Gasteiger partial charge in [0.2, 0.25) is 0 Å². The van der Waals surface area contributed by atoms with E-state index in [1.165, 1.54) is 4.68 Å². The molecule has 0 radical (unpaired) electrons. The van der Waals surface area contributed by atoms with Crippen LogP contribution in [0.25, 0.3) is 0 Å². The average Bonchev–Trinajstić information content (AvgIpc) is 2.68. The van der Waals surface area contributed by atoms with Crippen molar-refractivity contribution >= 4 is 21.6 Å². The van der Waals surface area contributed by atoms with Crippen LogP contribution in [0.4, 0.5) is 5.69 Å². The Labute approximate surface area is 119 Å². The Morgan fingerprint density at radius 2 is 2.16 bits per heavy atom. The third kappa shape index (κ3) is 2.56. The Hall–Kier alpha value is -1.63.